The molecule has 0 fully saturated rings. The highest BCUT2D eigenvalue weighted by Gasteiger charge is 1.97. The molecule has 2 heteroatoms. The van der Waals surface area contributed by atoms with Gasteiger partial charge >= 0.3 is 0 Å². The molecule has 90 valence electrons. The molecule has 0 bridgehead atoms. The highest BCUT2D eigenvalue weighted by Crippen LogP contribution is 2.07. The van der Waals surface area contributed by atoms with Crippen molar-refractivity contribution >= 4 is 5.69 Å². The van der Waals surface area contributed by atoms with E-state index in [2.05, 4.69) is 23.8 Å². The first-order valence-electron chi connectivity index (χ1n) is 5.65. The molecule has 0 spiro atoms. The summed E-state index contributed by atoms with van der Waals surface area (Å²) in [4.78, 5) is 0. The molecule has 0 aromatic heterocycles. The van der Waals surface area contributed by atoms with Crippen molar-refractivity contribution in [1.29, 1.82) is 0 Å². The Morgan fingerprint density at radius 2 is 1.82 bits per heavy atom. The molecule has 17 heavy (non-hydrogen) atoms. The Kier molecular flexibility index (Phi) is 5.08. The van der Waals surface area contributed by atoms with Crippen molar-refractivity contribution in [3.05, 3.63) is 66.5 Å². The number of anilines is 1. The Morgan fingerprint density at radius 1 is 1.18 bits per heavy atom. The summed E-state index contributed by atoms with van der Waals surface area (Å²) in [5.41, 5.74) is 4.11. The standard InChI is InChI=1S/C15H20N2/c1-12(2)10-15(17-13(3)4)11-16-14-8-6-5-7-9-14/h5-10,16-17H,1,3,11H2,2,4H3/b15-10-. The van der Waals surface area contributed by atoms with Gasteiger partial charge < -0.3 is 10.6 Å². The van der Waals surface area contributed by atoms with Gasteiger partial charge in [-0.05, 0) is 32.1 Å². The van der Waals surface area contributed by atoms with Crippen molar-refractivity contribution in [1.82, 2.24) is 5.32 Å². The van der Waals surface area contributed by atoms with Crippen LogP contribution in [0.4, 0.5) is 5.69 Å². The first-order valence-corrected chi connectivity index (χ1v) is 5.65. The first kappa shape index (κ1) is 13.1. The fourth-order valence-electron chi connectivity index (χ4n) is 1.46. The molecule has 0 aliphatic carbocycles. The zero-order valence-electron chi connectivity index (χ0n) is 10.6. The number of benzene rings is 1. The van der Waals surface area contributed by atoms with Crippen LogP contribution < -0.4 is 10.6 Å². The lowest BCUT2D eigenvalue weighted by molar-refractivity contribution is 0.937. The van der Waals surface area contributed by atoms with Gasteiger partial charge in [0.15, 0.2) is 0 Å². The second-order valence-corrected chi connectivity index (χ2v) is 4.14. The lowest BCUT2D eigenvalue weighted by atomic mass is 10.2. The quantitative estimate of drug-likeness (QED) is 0.726. The molecular formula is C15H20N2. The van der Waals surface area contributed by atoms with Crippen LogP contribution in [0.5, 0.6) is 0 Å². The van der Waals surface area contributed by atoms with Crippen LogP contribution in [-0.4, -0.2) is 6.54 Å². The molecule has 0 aliphatic rings. The molecule has 0 radical (unpaired) electrons. The minimum atomic E-state index is 0.726. The topological polar surface area (TPSA) is 24.1 Å². The number of allylic oxidation sites excluding steroid dienone is 3. The molecule has 2 nitrogen and oxygen atoms in total. The van der Waals surface area contributed by atoms with Gasteiger partial charge in [0.25, 0.3) is 0 Å². The van der Waals surface area contributed by atoms with Gasteiger partial charge in [0.1, 0.15) is 0 Å². The summed E-state index contributed by atoms with van der Waals surface area (Å²) in [7, 11) is 0. The number of nitrogens with one attached hydrogen (secondary N) is 2. The first-order chi connectivity index (χ1) is 8.08. The number of rotatable bonds is 6. The second kappa shape index (κ2) is 6.59. The van der Waals surface area contributed by atoms with E-state index in [9.17, 15) is 0 Å². The summed E-state index contributed by atoms with van der Waals surface area (Å²) in [6, 6.07) is 10.1. The van der Waals surface area contributed by atoms with Crippen LogP contribution in [0.15, 0.2) is 66.5 Å². The third kappa shape index (κ3) is 5.61. The van der Waals surface area contributed by atoms with E-state index < -0.39 is 0 Å². The smallest absolute Gasteiger partial charge is 0.0551 e. The average molecular weight is 228 g/mol. The maximum atomic E-state index is 3.88. The fraction of sp³-hybridized carbons (Fsp3) is 0.200. The lowest BCUT2D eigenvalue weighted by Crippen LogP contribution is -2.18. The minimum absolute atomic E-state index is 0.726. The molecule has 2 N–H and O–H groups in total. The average Bonchev–Trinajstić information content (AvgIpc) is 2.26. The summed E-state index contributed by atoms with van der Waals surface area (Å²) in [5.74, 6) is 0. The highest BCUT2D eigenvalue weighted by atomic mass is 15.0. The zero-order valence-corrected chi connectivity index (χ0v) is 10.6. The normalized spacial score (nSPS) is 10.8. The Hall–Kier alpha value is -1.96. The van der Waals surface area contributed by atoms with E-state index in [1.165, 1.54) is 0 Å². The van der Waals surface area contributed by atoms with E-state index >= 15 is 0 Å². The van der Waals surface area contributed by atoms with E-state index in [-0.39, 0.29) is 0 Å². The van der Waals surface area contributed by atoms with Crippen molar-refractivity contribution in [2.75, 3.05) is 11.9 Å². The second-order valence-electron chi connectivity index (χ2n) is 4.14. The van der Waals surface area contributed by atoms with Gasteiger partial charge in [0.05, 0.1) is 6.54 Å². The largest absolute Gasteiger partial charge is 0.379 e. The van der Waals surface area contributed by atoms with E-state index in [1.807, 2.05) is 50.3 Å². The molecular weight excluding hydrogens is 208 g/mol. The van der Waals surface area contributed by atoms with Gasteiger partial charge in [-0.2, -0.15) is 0 Å². The van der Waals surface area contributed by atoms with Gasteiger partial charge in [0, 0.05) is 17.1 Å². The monoisotopic (exact) mass is 228 g/mol. The molecule has 0 aliphatic heterocycles. The third-order valence-corrected chi connectivity index (χ3v) is 2.05. The van der Waals surface area contributed by atoms with Gasteiger partial charge in [-0.25, -0.2) is 0 Å². The Bertz CT molecular complexity index is 416. The van der Waals surface area contributed by atoms with E-state index in [4.69, 9.17) is 0 Å². The van der Waals surface area contributed by atoms with Crippen LogP contribution in [0.25, 0.3) is 0 Å². The fourth-order valence-corrected chi connectivity index (χ4v) is 1.46. The van der Waals surface area contributed by atoms with Gasteiger partial charge in [-0.1, -0.05) is 36.9 Å². The molecule has 0 unspecified atom stereocenters. The van der Waals surface area contributed by atoms with Crippen molar-refractivity contribution in [3.63, 3.8) is 0 Å². The molecule has 0 saturated carbocycles. The molecule has 1 aromatic rings. The summed E-state index contributed by atoms with van der Waals surface area (Å²) >= 11 is 0. The third-order valence-electron chi connectivity index (χ3n) is 2.05. The molecule has 0 amide bonds. The number of hydrogen-bond donors (Lipinski definition) is 2. The van der Waals surface area contributed by atoms with Crippen LogP contribution in [-0.2, 0) is 0 Å². The Labute approximate surface area is 104 Å². The van der Waals surface area contributed by atoms with Crippen LogP contribution in [0.1, 0.15) is 13.8 Å². The zero-order chi connectivity index (χ0) is 12.7. The van der Waals surface area contributed by atoms with Gasteiger partial charge in [-0.15, -0.1) is 0 Å². The minimum Gasteiger partial charge on any atom is -0.379 e. The van der Waals surface area contributed by atoms with Crippen LogP contribution in [0.2, 0.25) is 0 Å². The van der Waals surface area contributed by atoms with Crippen molar-refractivity contribution in [2.24, 2.45) is 0 Å². The van der Waals surface area contributed by atoms with Crippen molar-refractivity contribution in [2.45, 2.75) is 13.8 Å². The summed E-state index contributed by atoms with van der Waals surface area (Å²) in [6.45, 7) is 12.4. The van der Waals surface area contributed by atoms with Crippen LogP contribution in [0.3, 0.4) is 0 Å². The van der Waals surface area contributed by atoms with Crippen molar-refractivity contribution < 1.29 is 0 Å². The van der Waals surface area contributed by atoms with Crippen LogP contribution >= 0.6 is 0 Å². The maximum absolute atomic E-state index is 3.88. The Morgan fingerprint density at radius 3 is 2.35 bits per heavy atom. The van der Waals surface area contributed by atoms with E-state index in [0.29, 0.717) is 0 Å². The molecule has 0 heterocycles. The molecule has 0 saturated heterocycles. The Balaban J connectivity index is 2.61. The SMILES string of the molecule is C=C(C)/C=C(/CNc1ccccc1)NC(=C)C. The van der Waals surface area contributed by atoms with E-state index in [0.717, 1.165) is 29.2 Å². The predicted molar refractivity (Wildman–Crippen MR) is 75.8 cm³/mol. The van der Waals surface area contributed by atoms with Crippen LogP contribution in [0, 0.1) is 0 Å². The number of para-hydroxylation sites is 1. The van der Waals surface area contributed by atoms with E-state index in [1.54, 1.807) is 0 Å². The molecule has 1 rings (SSSR count). The highest BCUT2D eigenvalue weighted by molar-refractivity contribution is 5.44. The summed E-state index contributed by atoms with van der Waals surface area (Å²) < 4.78 is 0. The maximum Gasteiger partial charge on any atom is 0.0551 e. The van der Waals surface area contributed by atoms with Gasteiger partial charge in [-0.3, -0.25) is 0 Å². The molecule has 1 aromatic carbocycles. The van der Waals surface area contributed by atoms with Gasteiger partial charge in [0.2, 0.25) is 0 Å². The van der Waals surface area contributed by atoms with Crippen molar-refractivity contribution in [3.8, 4) is 0 Å². The lowest BCUT2D eigenvalue weighted by Gasteiger charge is -2.13. The summed E-state index contributed by atoms with van der Waals surface area (Å²) in [5, 5.41) is 6.57. The number of hydrogen-bond acceptors (Lipinski definition) is 2. The predicted octanol–water partition coefficient (Wildman–Crippen LogP) is 3.68. The summed E-state index contributed by atoms with van der Waals surface area (Å²) in [6.07, 6.45) is 2.02. The molecule has 0 atom stereocenters.